The molecule has 0 aromatic heterocycles. The SMILES string of the molecule is O=C(Cc1ccccc1[N+](=O)[O-])N/N=C/c1ccccc1OCc1ccccc1. The largest absolute Gasteiger partial charge is 0.488 e. The van der Waals surface area contributed by atoms with Gasteiger partial charge in [-0.2, -0.15) is 5.10 Å². The molecule has 0 aliphatic heterocycles. The van der Waals surface area contributed by atoms with Crippen LogP contribution in [0.5, 0.6) is 5.75 Å². The molecule has 1 N–H and O–H groups in total. The summed E-state index contributed by atoms with van der Waals surface area (Å²) in [5.41, 5.74) is 4.38. The number of nitrogens with zero attached hydrogens (tertiary/aromatic N) is 2. The third-order valence-electron chi connectivity index (χ3n) is 4.09. The summed E-state index contributed by atoms with van der Waals surface area (Å²) >= 11 is 0. The van der Waals surface area contributed by atoms with Crippen molar-refractivity contribution in [1.29, 1.82) is 0 Å². The van der Waals surface area contributed by atoms with E-state index in [0.29, 0.717) is 23.5 Å². The Labute approximate surface area is 167 Å². The molecule has 0 saturated heterocycles. The molecule has 0 atom stereocenters. The molecule has 1 amide bonds. The zero-order valence-electron chi connectivity index (χ0n) is 15.5. The van der Waals surface area contributed by atoms with E-state index in [0.717, 1.165) is 5.56 Å². The fourth-order valence-electron chi connectivity index (χ4n) is 2.68. The van der Waals surface area contributed by atoms with Crippen molar-refractivity contribution in [3.05, 3.63) is 106 Å². The summed E-state index contributed by atoms with van der Waals surface area (Å²) in [6.45, 7) is 0.412. The Bertz CT molecular complexity index is 1020. The van der Waals surface area contributed by atoms with Gasteiger partial charge >= 0.3 is 0 Å². The highest BCUT2D eigenvalue weighted by molar-refractivity contribution is 5.86. The number of para-hydroxylation sites is 2. The Morgan fingerprint density at radius 2 is 1.69 bits per heavy atom. The highest BCUT2D eigenvalue weighted by Gasteiger charge is 2.15. The zero-order chi connectivity index (χ0) is 20.5. The topological polar surface area (TPSA) is 93.8 Å². The van der Waals surface area contributed by atoms with Crippen LogP contribution in [0.1, 0.15) is 16.7 Å². The average molecular weight is 389 g/mol. The first-order valence-electron chi connectivity index (χ1n) is 8.93. The summed E-state index contributed by atoms with van der Waals surface area (Å²) in [5, 5.41) is 15.0. The number of hydrogen-bond acceptors (Lipinski definition) is 5. The van der Waals surface area contributed by atoms with Gasteiger partial charge in [-0.1, -0.05) is 60.7 Å². The van der Waals surface area contributed by atoms with Gasteiger partial charge in [0.2, 0.25) is 5.91 Å². The van der Waals surface area contributed by atoms with Crippen LogP contribution in [0.15, 0.2) is 84.0 Å². The highest BCUT2D eigenvalue weighted by atomic mass is 16.6. The maximum absolute atomic E-state index is 12.1. The number of rotatable bonds is 8. The molecule has 0 saturated carbocycles. The van der Waals surface area contributed by atoms with Gasteiger partial charge in [-0.25, -0.2) is 5.43 Å². The lowest BCUT2D eigenvalue weighted by Gasteiger charge is -2.09. The van der Waals surface area contributed by atoms with Crippen LogP contribution in [0.4, 0.5) is 5.69 Å². The molecular weight excluding hydrogens is 370 g/mol. The number of benzene rings is 3. The van der Waals surface area contributed by atoms with Crippen molar-refractivity contribution in [2.75, 3.05) is 0 Å². The van der Waals surface area contributed by atoms with Gasteiger partial charge in [0.05, 0.1) is 17.6 Å². The van der Waals surface area contributed by atoms with E-state index < -0.39 is 10.8 Å². The van der Waals surface area contributed by atoms with E-state index in [4.69, 9.17) is 4.74 Å². The Hall–Kier alpha value is -4.00. The van der Waals surface area contributed by atoms with E-state index in [1.54, 1.807) is 18.2 Å². The molecule has 29 heavy (non-hydrogen) atoms. The molecule has 0 bridgehead atoms. The fourth-order valence-corrected chi connectivity index (χ4v) is 2.68. The van der Waals surface area contributed by atoms with Crippen molar-refractivity contribution in [2.24, 2.45) is 5.10 Å². The Balaban J connectivity index is 1.60. The number of carbonyl (C=O) groups is 1. The second kappa shape index (κ2) is 9.80. The summed E-state index contributed by atoms with van der Waals surface area (Å²) < 4.78 is 5.84. The van der Waals surface area contributed by atoms with Crippen LogP contribution in [0, 0.1) is 10.1 Å². The molecule has 3 aromatic carbocycles. The number of hydrazone groups is 1. The number of amides is 1. The molecule has 0 fully saturated rings. The predicted octanol–water partition coefficient (Wildman–Crippen LogP) is 3.87. The van der Waals surface area contributed by atoms with Gasteiger partial charge in [0, 0.05) is 17.2 Å². The molecular formula is C22H19N3O4. The Morgan fingerprint density at radius 1 is 1.00 bits per heavy atom. The van der Waals surface area contributed by atoms with Crippen LogP contribution in [-0.2, 0) is 17.8 Å². The average Bonchev–Trinajstić information content (AvgIpc) is 2.74. The van der Waals surface area contributed by atoms with Gasteiger partial charge in [-0.05, 0) is 17.7 Å². The van der Waals surface area contributed by atoms with Gasteiger partial charge in [-0.15, -0.1) is 0 Å². The first-order valence-corrected chi connectivity index (χ1v) is 8.93. The molecule has 0 spiro atoms. The predicted molar refractivity (Wildman–Crippen MR) is 110 cm³/mol. The number of nitro groups is 1. The summed E-state index contributed by atoms with van der Waals surface area (Å²) in [5.74, 6) is 0.186. The van der Waals surface area contributed by atoms with Crippen molar-refractivity contribution in [1.82, 2.24) is 5.43 Å². The van der Waals surface area contributed by atoms with Crippen LogP contribution >= 0.6 is 0 Å². The minimum absolute atomic E-state index is 0.0914. The third-order valence-corrected chi connectivity index (χ3v) is 4.09. The van der Waals surface area contributed by atoms with Crippen molar-refractivity contribution in [2.45, 2.75) is 13.0 Å². The van der Waals surface area contributed by atoms with E-state index in [2.05, 4.69) is 10.5 Å². The smallest absolute Gasteiger partial charge is 0.273 e. The van der Waals surface area contributed by atoms with Gasteiger partial charge in [0.15, 0.2) is 0 Å². The lowest BCUT2D eigenvalue weighted by atomic mass is 10.1. The highest BCUT2D eigenvalue weighted by Crippen LogP contribution is 2.19. The van der Waals surface area contributed by atoms with E-state index in [9.17, 15) is 14.9 Å². The van der Waals surface area contributed by atoms with Crippen LogP contribution in [0.25, 0.3) is 0 Å². The Kier molecular flexibility index (Phi) is 6.67. The maximum Gasteiger partial charge on any atom is 0.273 e. The van der Waals surface area contributed by atoms with Crippen LogP contribution in [-0.4, -0.2) is 17.0 Å². The Morgan fingerprint density at radius 3 is 2.48 bits per heavy atom. The lowest BCUT2D eigenvalue weighted by molar-refractivity contribution is -0.385. The summed E-state index contributed by atoms with van der Waals surface area (Å²) in [4.78, 5) is 22.6. The van der Waals surface area contributed by atoms with E-state index in [1.807, 2.05) is 54.6 Å². The zero-order valence-corrected chi connectivity index (χ0v) is 15.5. The second-order valence-corrected chi connectivity index (χ2v) is 6.17. The molecule has 0 unspecified atom stereocenters. The molecule has 3 rings (SSSR count). The minimum Gasteiger partial charge on any atom is -0.488 e. The maximum atomic E-state index is 12.1. The molecule has 7 heteroatoms. The standard InChI is InChI=1S/C22H19N3O4/c26-22(14-18-10-4-6-12-20(18)25(27)28)24-23-15-19-11-5-7-13-21(19)29-16-17-8-2-1-3-9-17/h1-13,15H,14,16H2,(H,24,26)/b23-15+. The molecule has 0 radical (unpaired) electrons. The number of carbonyl (C=O) groups excluding carboxylic acids is 1. The molecule has 146 valence electrons. The van der Waals surface area contributed by atoms with Gasteiger partial charge in [0.25, 0.3) is 5.69 Å². The van der Waals surface area contributed by atoms with Crippen molar-refractivity contribution in [3.8, 4) is 5.75 Å². The first-order chi connectivity index (χ1) is 14.1. The third kappa shape index (κ3) is 5.74. The van der Waals surface area contributed by atoms with E-state index in [-0.39, 0.29) is 12.1 Å². The minimum atomic E-state index is -0.508. The molecule has 0 aliphatic carbocycles. The summed E-state index contributed by atoms with van der Waals surface area (Å²) in [6, 6.07) is 23.2. The van der Waals surface area contributed by atoms with E-state index in [1.165, 1.54) is 12.3 Å². The van der Waals surface area contributed by atoms with Crippen LogP contribution in [0.3, 0.4) is 0 Å². The van der Waals surface area contributed by atoms with Crippen LogP contribution in [0.2, 0.25) is 0 Å². The molecule has 7 nitrogen and oxygen atoms in total. The molecule has 3 aromatic rings. The van der Waals surface area contributed by atoms with Gasteiger partial charge < -0.3 is 4.74 Å². The summed E-state index contributed by atoms with van der Waals surface area (Å²) in [7, 11) is 0. The lowest BCUT2D eigenvalue weighted by Crippen LogP contribution is -2.20. The second-order valence-electron chi connectivity index (χ2n) is 6.17. The van der Waals surface area contributed by atoms with Crippen molar-refractivity contribution >= 4 is 17.8 Å². The molecule has 0 aliphatic rings. The fraction of sp³-hybridized carbons (Fsp3) is 0.0909. The van der Waals surface area contributed by atoms with Gasteiger partial charge in [-0.3, -0.25) is 14.9 Å². The quantitative estimate of drug-likeness (QED) is 0.359. The van der Waals surface area contributed by atoms with Crippen molar-refractivity contribution < 1.29 is 14.5 Å². The number of nitrogens with one attached hydrogen (secondary N) is 1. The monoisotopic (exact) mass is 389 g/mol. The number of nitro benzene ring substituents is 1. The van der Waals surface area contributed by atoms with Gasteiger partial charge in [0.1, 0.15) is 12.4 Å². The first kappa shape index (κ1) is 19.8. The van der Waals surface area contributed by atoms with Crippen LogP contribution < -0.4 is 10.2 Å². The van der Waals surface area contributed by atoms with E-state index >= 15 is 0 Å². The normalized spacial score (nSPS) is 10.6. The van der Waals surface area contributed by atoms with Crippen molar-refractivity contribution in [3.63, 3.8) is 0 Å². The molecule has 0 heterocycles. The number of hydrogen-bond donors (Lipinski definition) is 1. The summed E-state index contributed by atoms with van der Waals surface area (Å²) in [6.07, 6.45) is 1.35. The number of ether oxygens (including phenoxy) is 1.